The van der Waals surface area contributed by atoms with Crippen molar-refractivity contribution in [1.29, 1.82) is 5.26 Å². The van der Waals surface area contributed by atoms with Gasteiger partial charge in [-0.15, -0.1) is 0 Å². The summed E-state index contributed by atoms with van der Waals surface area (Å²) in [5.41, 5.74) is 0.480. The highest BCUT2D eigenvalue weighted by atomic mass is 19.3. The van der Waals surface area contributed by atoms with Crippen LogP contribution in [-0.2, 0) is 5.41 Å². The molecule has 1 unspecified atom stereocenters. The summed E-state index contributed by atoms with van der Waals surface area (Å²) >= 11 is 0. The summed E-state index contributed by atoms with van der Waals surface area (Å²) in [6.07, 6.45) is 3.29. The third-order valence-electron chi connectivity index (χ3n) is 4.13. The van der Waals surface area contributed by atoms with Crippen LogP contribution in [0.2, 0.25) is 0 Å². The third-order valence-corrected chi connectivity index (χ3v) is 4.13. The lowest BCUT2D eigenvalue weighted by atomic mass is 9.74. The molecule has 0 aliphatic heterocycles. The van der Waals surface area contributed by atoms with E-state index in [1.54, 1.807) is 0 Å². The molecule has 1 nitrogen and oxygen atoms in total. The van der Waals surface area contributed by atoms with Crippen molar-refractivity contribution in [1.82, 2.24) is 0 Å². The highest BCUT2D eigenvalue weighted by molar-refractivity contribution is 5.32. The van der Waals surface area contributed by atoms with Gasteiger partial charge in [0.2, 0.25) is 5.92 Å². The van der Waals surface area contributed by atoms with E-state index in [1.165, 1.54) is 6.92 Å². The minimum atomic E-state index is -2.56. The van der Waals surface area contributed by atoms with Crippen LogP contribution in [-0.4, -0.2) is 5.92 Å². The van der Waals surface area contributed by atoms with Gasteiger partial charge in [0.15, 0.2) is 0 Å². The second-order valence-electron chi connectivity index (χ2n) is 5.73. The fraction of sp³-hybridized carbons (Fsp3) is 0.611. The first kappa shape index (κ1) is 17.6. The molecule has 1 atom stereocenters. The standard InChI is InChI=1S/C18H25F2N/c1-3-12-17(15-21,16-10-6-5-7-11-16)13-8-9-14-18(19,20)4-2/h5-7,10-11H,3-4,8-9,12-14H2,1-2H3. The van der Waals surface area contributed by atoms with E-state index in [4.69, 9.17) is 0 Å². The van der Waals surface area contributed by atoms with Gasteiger partial charge in [-0.1, -0.05) is 57.0 Å². The first-order chi connectivity index (χ1) is 9.99. The largest absolute Gasteiger partial charge is 0.247 e. The van der Waals surface area contributed by atoms with E-state index >= 15 is 0 Å². The first-order valence-corrected chi connectivity index (χ1v) is 7.84. The van der Waals surface area contributed by atoms with Gasteiger partial charge in [0, 0.05) is 12.8 Å². The molecule has 1 aromatic rings. The Morgan fingerprint density at radius 1 is 1.00 bits per heavy atom. The fourth-order valence-corrected chi connectivity index (χ4v) is 2.76. The van der Waals surface area contributed by atoms with Crippen molar-refractivity contribution in [2.24, 2.45) is 0 Å². The van der Waals surface area contributed by atoms with Gasteiger partial charge in [-0.3, -0.25) is 0 Å². The Balaban J connectivity index is 2.70. The number of alkyl halides is 2. The molecule has 21 heavy (non-hydrogen) atoms. The lowest BCUT2D eigenvalue weighted by Crippen LogP contribution is -2.24. The molecule has 0 aromatic heterocycles. The van der Waals surface area contributed by atoms with E-state index in [1.807, 2.05) is 30.3 Å². The van der Waals surface area contributed by atoms with Gasteiger partial charge in [0.25, 0.3) is 0 Å². The van der Waals surface area contributed by atoms with E-state index in [2.05, 4.69) is 13.0 Å². The van der Waals surface area contributed by atoms with Crippen molar-refractivity contribution in [3.63, 3.8) is 0 Å². The zero-order chi connectivity index (χ0) is 15.8. The maximum absolute atomic E-state index is 13.3. The van der Waals surface area contributed by atoms with E-state index in [0.717, 1.165) is 18.4 Å². The minimum absolute atomic E-state index is 0.0775. The van der Waals surface area contributed by atoms with Crippen LogP contribution < -0.4 is 0 Å². The lowest BCUT2D eigenvalue weighted by molar-refractivity contribution is -0.0139. The van der Waals surface area contributed by atoms with E-state index in [9.17, 15) is 14.0 Å². The maximum Gasteiger partial charge on any atom is 0.247 e. The zero-order valence-electron chi connectivity index (χ0n) is 13.0. The number of hydrogen-bond acceptors (Lipinski definition) is 1. The van der Waals surface area contributed by atoms with Crippen molar-refractivity contribution in [3.05, 3.63) is 35.9 Å². The number of unbranched alkanes of at least 4 members (excludes halogenated alkanes) is 1. The second-order valence-corrected chi connectivity index (χ2v) is 5.73. The molecule has 0 amide bonds. The Bertz CT molecular complexity index is 450. The van der Waals surface area contributed by atoms with Crippen LogP contribution in [0, 0.1) is 11.3 Å². The molecule has 0 bridgehead atoms. The summed E-state index contributed by atoms with van der Waals surface area (Å²) in [6, 6.07) is 12.2. The molecule has 0 N–H and O–H groups in total. The maximum atomic E-state index is 13.3. The quantitative estimate of drug-likeness (QED) is 0.524. The van der Waals surface area contributed by atoms with Gasteiger partial charge < -0.3 is 0 Å². The van der Waals surface area contributed by atoms with Crippen molar-refractivity contribution in [3.8, 4) is 6.07 Å². The zero-order valence-corrected chi connectivity index (χ0v) is 13.0. The summed E-state index contributed by atoms with van der Waals surface area (Å²) in [5, 5.41) is 9.67. The second kappa shape index (κ2) is 8.12. The Kier molecular flexibility index (Phi) is 6.81. The van der Waals surface area contributed by atoms with Crippen LogP contribution in [0.1, 0.15) is 64.4 Å². The normalized spacial score (nSPS) is 14.4. The van der Waals surface area contributed by atoms with E-state index < -0.39 is 11.3 Å². The molecular formula is C18H25F2N. The smallest absolute Gasteiger partial charge is 0.207 e. The molecule has 0 saturated heterocycles. The molecule has 0 saturated carbocycles. The third kappa shape index (κ3) is 5.12. The van der Waals surface area contributed by atoms with Crippen LogP contribution in [0.5, 0.6) is 0 Å². The molecule has 0 heterocycles. The topological polar surface area (TPSA) is 23.8 Å². The number of hydrogen-bond donors (Lipinski definition) is 0. The molecule has 0 radical (unpaired) electrons. The molecular weight excluding hydrogens is 268 g/mol. The average molecular weight is 293 g/mol. The van der Waals surface area contributed by atoms with Gasteiger partial charge in [-0.2, -0.15) is 5.26 Å². The Hall–Kier alpha value is -1.43. The predicted octanol–water partition coefficient (Wildman–Crippen LogP) is 5.85. The number of nitrogens with zero attached hydrogens (tertiary/aromatic N) is 1. The van der Waals surface area contributed by atoms with E-state index in [-0.39, 0.29) is 12.8 Å². The summed E-state index contributed by atoms with van der Waals surface area (Å²) in [4.78, 5) is 0. The predicted molar refractivity (Wildman–Crippen MR) is 82.3 cm³/mol. The Labute approximate surface area is 127 Å². The van der Waals surface area contributed by atoms with Crippen LogP contribution in [0.15, 0.2) is 30.3 Å². The van der Waals surface area contributed by atoms with Crippen molar-refractivity contribution >= 4 is 0 Å². The number of nitriles is 1. The number of halogens is 2. The molecule has 0 fully saturated rings. The molecule has 0 spiro atoms. The van der Waals surface area contributed by atoms with Crippen molar-refractivity contribution in [2.75, 3.05) is 0 Å². The van der Waals surface area contributed by atoms with Crippen LogP contribution >= 0.6 is 0 Å². The summed E-state index contributed by atoms with van der Waals surface area (Å²) in [6.45, 7) is 3.57. The number of rotatable bonds is 9. The molecule has 116 valence electrons. The van der Waals surface area contributed by atoms with Gasteiger partial charge in [-0.25, -0.2) is 8.78 Å². The molecule has 3 heteroatoms. The van der Waals surface area contributed by atoms with E-state index in [0.29, 0.717) is 19.3 Å². The summed E-state index contributed by atoms with van der Waals surface area (Å²) in [7, 11) is 0. The molecule has 0 aliphatic carbocycles. The van der Waals surface area contributed by atoms with Crippen molar-refractivity contribution < 1.29 is 8.78 Å². The molecule has 1 rings (SSSR count). The molecule has 1 aromatic carbocycles. The Morgan fingerprint density at radius 3 is 2.14 bits per heavy atom. The van der Waals surface area contributed by atoms with Crippen LogP contribution in [0.4, 0.5) is 8.78 Å². The average Bonchev–Trinajstić information content (AvgIpc) is 2.51. The van der Waals surface area contributed by atoms with Gasteiger partial charge in [0.1, 0.15) is 0 Å². The van der Waals surface area contributed by atoms with Gasteiger partial charge >= 0.3 is 0 Å². The highest BCUT2D eigenvalue weighted by Gasteiger charge is 2.31. The van der Waals surface area contributed by atoms with Gasteiger partial charge in [-0.05, 0) is 24.8 Å². The van der Waals surface area contributed by atoms with Crippen LogP contribution in [0.3, 0.4) is 0 Å². The SMILES string of the molecule is CCCC(C#N)(CCCCC(F)(F)CC)c1ccccc1. The van der Waals surface area contributed by atoms with Crippen molar-refractivity contribution in [2.45, 2.75) is 70.1 Å². The van der Waals surface area contributed by atoms with Crippen LogP contribution in [0.25, 0.3) is 0 Å². The monoisotopic (exact) mass is 293 g/mol. The summed E-state index contributed by atoms with van der Waals surface area (Å²) < 4.78 is 26.5. The highest BCUT2D eigenvalue weighted by Crippen LogP contribution is 2.35. The summed E-state index contributed by atoms with van der Waals surface area (Å²) in [5.74, 6) is -2.56. The van der Waals surface area contributed by atoms with Gasteiger partial charge in [0.05, 0.1) is 11.5 Å². The fourth-order valence-electron chi connectivity index (χ4n) is 2.76. The Morgan fingerprint density at radius 2 is 1.62 bits per heavy atom. The minimum Gasteiger partial charge on any atom is -0.207 e. The molecule has 0 aliphatic rings. The number of benzene rings is 1. The lowest BCUT2D eigenvalue weighted by Gasteiger charge is -2.27. The first-order valence-electron chi connectivity index (χ1n) is 7.84.